The van der Waals surface area contributed by atoms with Gasteiger partial charge in [0.05, 0.1) is 25.4 Å². The quantitative estimate of drug-likeness (QED) is 0.858. The number of benzene rings is 1. The molecule has 0 bridgehead atoms. The van der Waals surface area contributed by atoms with Gasteiger partial charge in [0.2, 0.25) is 0 Å². The number of likely N-dealkylation sites (tertiary alicyclic amines) is 1. The second-order valence-electron chi connectivity index (χ2n) is 6.89. The number of carbonyl (C=O) groups excluding carboxylic acids is 1. The highest BCUT2D eigenvalue weighted by Crippen LogP contribution is 2.36. The number of carbonyl (C=O) groups is 1. The maximum atomic E-state index is 13.0. The van der Waals surface area contributed by atoms with Gasteiger partial charge in [-0.1, -0.05) is 6.07 Å². The molecule has 4 rings (SSSR count). The number of aromatic hydroxyl groups is 1. The number of hydrogen-bond donors (Lipinski definition) is 1. The Morgan fingerprint density at radius 2 is 2.15 bits per heavy atom. The number of methoxy groups -OCH3 is 1. The molecule has 0 saturated carbocycles. The zero-order valence-corrected chi connectivity index (χ0v) is 16.1. The van der Waals surface area contributed by atoms with Crippen molar-refractivity contribution >= 4 is 23.0 Å². The molecular formula is C20H23N3O3S. The number of hydrazone groups is 1. The van der Waals surface area contributed by atoms with E-state index >= 15 is 0 Å². The molecular weight excluding hydrogens is 362 g/mol. The molecule has 0 radical (unpaired) electrons. The van der Waals surface area contributed by atoms with Crippen molar-refractivity contribution < 1.29 is 14.6 Å². The minimum atomic E-state index is -0.0742. The Morgan fingerprint density at radius 1 is 1.33 bits per heavy atom. The van der Waals surface area contributed by atoms with Crippen molar-refractivity contribution in [2.24, 2.45) is 5.10 Å². The number of phenolic OH excluding ortho intramolecular Hbond substituents is 1. The summed E-state index contributed by atoms with van der Waals surface area (Å²) in [6, 6.07) is 9.18. The summed E-state index contributed by atoms with van der Waals surface area (Å²) in [6.45, 7) is 2.38. The molecule has 27 heavy (non-hydrogen) atoms. The summed E-state index contributed by atoms with van der Waals surface area (Å²) in [7, 11) is 1.52. The lowest BCUT2D eigenvalue weighted by atomic mass is 10.0. The molecule has 142 valence electrons. The summed E-state index contributed by atoms with van der Waals surface area (Å²) in [5, 5.41) is 18.2. The van der Waals surface area contributed by atoms with Gasteiger partial charge in [-0.05, 0) is 55.6 Å². The van der Waals surface area contributed by atoms with Crippen LogP contribution in [0.25, 0.3) is 0 Å². The van der Waals surface area contributed by atoms with Gasteiger partial charge in [0.25, 0.3) is 5.91 Å². The molecule has 0 spiro atoms. The van der Waals surface area contributed by atoms with Crippen molar-refractivity contribution in [3.63, 3.8) is 0 Å². The molecule has 1 amide bonds. The van der Waals surface area contributed by atoms with Gasteiger partial charge in [-0.3, -0.25) is 9.69 Å². The van der Waals surface area contributed by atoms with Gasteiger partial charge in [0.1, 0.15) is 0 Å². The van der Waals surface area contributed by atoms with Crippen LogP contribution in [0, 0.1) is 0 Å². The van der Waals surface area contributed by atoms with E-state index in [0.29, 0.717) is 18.7 Å². The molecule has 6 nitrogen and oxygen atoms in total. The van der Waals surface area contributed by atoms with Crippen LogP contribution in [0.3, 0.4) is 0 Å². The lowest BCUT2D eigenvalue weighted by Gasteiger charge is -2.23. The standard InChI is InChI=1S/C20H23N3O3S/c1-26-18-11-14(6-7-17(18)24)15-12-16(19-5-4-10-27-19)23(21-15)20(25)13-22-8-2-3-9-22/h4-7,10-11,16,24H,2-3,8-9,12-13H2,1H3/t16-/m1/s1. The summed E-state index contributed by atoms with van der Waals surface area (Å²) in [6.07, 6.45) is 2.97. The zero-order valence-electron chi connectivity index (χ0n) is 15.3. The van der Waals surface area contributed by atoms with Crippen LogP contribution < -0.4 is 4.74 Å². The summed E-state index contributed by atoms with van der Waals surface area (Å²) in [5.74, 6) is 0.539. The van der Waals surface area contributed by atoms with Gasteiger partial charge in [-0.25, -0.2) is 5.01 Å². The van der Waals surface area contributed by atoms with Crippen molar-refractivity contribution in [2.75, 3.05) is 26.7 Å². The third kappa shape index (κ3) is 3.70. The fraction of sp³-hybridized carbons (Fsp3) is 0.400. The van der Waals surface area contributed by atoms with E-state index in [9.17, 15) is 9.90 Å². The molecule has 1 saturated heterocycles. The third-order valence-electron chi connectivity index (χ3n) is 5.11. The molecule has 1 aromatic heterocycles. The average molecular weight is 385 g/mol. The van der Waals surface area contributed by atoms with Gasteiger partial charge in [-0.2, -0.15) is 5.10 Å². The van der Waals surface area contributed by atoms with Gasteiger partial charge in [0.15, 0.2) is 11.5 Å². The molecule has 0 aliphatic carbocycles. The van der Waals surface area contributed by atoms with Crippen molar-refractivity contribution in [3.05, 3.63) is 46.2 Å². The first-order valence-corrected chi connectivity index (χ1v) is 10.1. The number of phenols is 1. The van der Waals surface area contributed by atoms with E-state index in [1.165, 1.54) is 7.11 Å². The molecule has 1 N–H and O–H groups in total. The summed E-state index contributed by atoms with van der Waals surface area (Å²) < 4.78 is 5.22. The Balaban J connectivity index is 1.61. The van der Waals surface area contributed by atoms with Crippen LogP contribution in [0.4, 0.5) is 0 Å². The largest absolute Gasteiger partial charge is 0.504 e. The second-order valence-corrected chi connectivity index (χ2v) is 7.87. The van der Waals surface area contributed by atoms with Gasteiger partial charge < -0.3 is 9.84 Å². The molecule has 0 unspecified atom stereocenters. The predicted octanol–water partition coefficient (Wildman–Crippen LogP) is 3.24. The zero-order chi connectivity index (χ0) is 18.8. The van der Waals surface area contributed by atoms with Crippen LogP contribution in [0.5, 0.6) is 11.5 Å². The van der Waals surface area contributed by atoms with Crippen LogP contribution in [0.1, 0.15) is 35.7 Å². The van der Waals surface area contributed by atoms with E-state index in [0.717, 1.165) is 42.1 Å². The topological polar surface area (TPSA) is 65.4 Å². The average Bonchev–Trinajstić information content (AvgIpc) is 3.42. The monoisotopic (exact) mass is 385 g/mol. The van der Waals surface area contributed by atoms with E-state index in [1.54, 1.807) is 28.5 Å². The number of thiophene rings is 1. The van der Waals surface area contributed by atoms with E-state index in [4.69, 9.17) is 4.74 Å². The van der Waals surface area contributed by atoms with Crippen LogP contribution in [-0.4, -0.2) is 53.4 Å². The van der Waals surface area contributed by atoms with Gasteiger partial charge in [0, 0.05) is 16.9 Å². The van der Waals surface area contributed by atoms with Crippen LogP contribution in [0.15, 0.2) is 40.8 Å². The highest BCUT2D eigenvalue weighted by Gasteiger charge is 2.34. The summed E-state index contributed by atoms with van der Waals surface area (Å²) in [4.78, 5) is 16.3. The lowest BCUT2D eigenvalue weighted by Crippen LogP contribution is -2.36. The van der Waals surface area contributed by atoms with E-state index in [1.807, 2.05) is 17.5 Å². The summed E-state index contributed by atoms with van der Waals surface area (Å²) >= 11 is 1.65. The molecule has 7 heteroatoms. The minimum absolute atomic E-state index is 0.0380. The highest BCUT2D eigenvalue weighted by atomic mass is 32.1. The first kappa shape index (κ1) is 18.0. The van der Waals surface area contributed by atoms with Crippen LogP contribution in [-0.2, 0) is 4.79 Å². The van der Waals surface area contributed by atoms with Crippen LogP contribution in [0.2, 0.25) is 0 Å². The normalized spacial score (nSPS) is 20.1. The Bertz CT molecular complexity index is 844. The highest BCUT2D eigenvalue weighted by molar-refractivity contribution is 7.10. The number of hydrogen-bond acceptors (Lipinski definition) is 6. The molecule has 2 aromatic rings. The van der Waals surface area contributed by atoms with E-state index in [2.05, 4.69) is 16.1 Å². The molecule has 1 atom stereocenters. The van der Waals surface area contributed by atoms with Crippen LogP contribution >= 0.6 is 11.3 Å². The van der Waals surface area contributed by atoms with Gasteiger partial charge >= 0.3 is 0 Å². The predicted molar refractivity (Wildman–Crippen MR) is 105 cm³/mol. The first-order valence-electron chi connectivity index (χ1n) is 9.18. The number of rotatable bonds is 5. The van der Waals surface area contributed by atoms with Crippen molar-refractivity contribution in [2.45, 2.75) is 25.3 Å². The summed E-state index contributed by atoms with van der Waals surface area (Å²) in [5.41, 5.74) is 1.70. The SMILES string of the molecule is COc1cc(C2=NN(C(=O)CN3CCCC3)[C@@H](c3cccs3)C2)ccc1O. The lowest BCUT2D eigenvalue weighted by molar-refractivity contribution is -0.133. The Morgan fingerprint density at radius 3 is 2.85 bits per heavy atom. The number of amides is 1. The Kier molecular flexibility index (Phi) is 5.13. The fourth-order valence-corrected chi connectivity index (χ4v) is 4.49. The maximum absolute atomic E-state index is 13.0. The Labute approximate surface area is 162 Å². The number of nitrogens with zero attached hydrogens (tertiary/aromatic N) is 3. The molecule has 2 aliphatic rings. The molecule has 3 heterocycles. The minimum Gasteiger partial charge on any atom is -0.504 e. The van der Waals surface area contributed by atoms with E-state index in [-0.39, 0.29) is 17.7 Å². The molecule has 1 aromatic carbocycles. The fourth-order valence-electron chi connectivity index (χ4n) is 3.68. The first-order chi connectivity index (χ1) is 13.2. The Hall–Kier alpha value is -2.38. The van der Waals surface area contributed by atoms with Gasteiger partial charge in [-0.15, -0.1) is 11.3 Å². The third-order valence-corrected chi connectivity index (χ3v) is 6.08. The maximum Gasteiger partial charge on any atom is 0.257 e. The number of ether oxygens (including phenoxy) is 1. The van der Waals surface area contributed by atoms with E-state index < -0.39 is 0 Å². The van der Waals surface area contributed by atoms with Crippen molar-refractivity contribution in [1.82, 2.24) is 9.91 Å². The smallest absolute Gasteiger partial charge is 0.257 e. The molecule has 2 aliphatic heterocycles. The van der Waals surface area contributed by atoms with Crippen molar-refractivity contribution in [1.29, 1.82) is 0 Å². The second kappa shape index (κ2) is 7.70. The molecule has 1 fully saturated rings. The van der Waals surface area contributed by atoms with Crippen molar-refractivity contribution in [3.8, 4) is 11.5 Å².